The number of carbonyl (C=O) groups is 1. The molecule has 0 radical (unpaired) electrons. The van der Waals surface area contributed by atoms with Crippen LogP contribution < -0.4 is 4.74 Å². The van der Waals surface area contributed by atoms with Crippen LogP contribution in [0.1, 0.15) is 10.4 Å². The van der Waals surface area contributed by atoms with Crippen molar-refractivity contribution >= 4 is 29.2 Å². The van der Waals surface area contributed by atoms with Crippen LogP contribution in [0.2, 0.25) is 10.0 Å². The first-order chi connectivity index (χ1) is 6.49. The first-order valence-electron chi connectivity index (χ1n) is 3.40. The average molecular weight is 241 g/mol. The number of ether oxygens (including phenoxy) is 1. The normalized spacial score (nSPS) is 10.1. The Hall–Kier alpha value is -0.870. The Bertz CT molecular complexity index is 393. The van der Waals surface area contributed by atoms with E-state index in [1.54, 1.807) is 0 Å². The lowest BCUT2D eigenvalue weighted by atomic mass is 10.2. The van der Waals surface area contributed by atoms with Gasteiger partial charge in [0.1, 0.15) is 0 Å². The summed E-state index contributed by atoms with van der Waals surface area (Å²) in [6.07, 6.45) is 0. The van der Waals surface area contributed by atoms with Gasteiger partial charge in [-0.1, -0.05) is 23.2 Å². The van der Waals surface area contributed by atoms with Gasteiger partial charge in [-0.25, -0.2) is 4.39 Å². The molecule has 0 unspecified atom stereocenters. The van der Waals surface area contributed by atoms with E-state index in [-0.39, 0.29) is 5.02 Å². The maximum absolute atomic E-state index is 13.2. The Morgan fingerprint density at radius 3 is 2.50 bits per heavy atom. The second-order valence-corrected chi connectivity index (χ2v) is 3.13. The Morgan fingerprint density at radius 2 is 2.07 bits per heavy atom. The molecule has 0 saturated heterocycles. The van der Waals surface area contributed by atoms with Crippen molar-refractivity contribution in [3.05, 3.63) is 27.5 Å². The maximum Gasteiger partial charge on any atom is 0.336 e. The molecular formula is C8H4Cl2F2O2. The van der Waals surface area contributed by atoms with Crippen LogP contribution in [0.5, 0.6) is 5.75 Å². The summed E-state index contributed by atoms with van der Waals surface area (Å²) < 4.78 is 30.1. The van der Waals surface area contributed by atoms with Gasteiger partial charge in [-0.15, -0.1) is 0 Å². The van der Waals surface area contributed by atoms with Crippen molar-refractivity contribution in [3.8, 4) is 5.75 Å². The van der Waals surface area contributed by atoms with E-state index in [0.717, 1.165) is 13.2 Å². The third kappa shape index (κ3) is 1.81. The van der Waals surface area contributed by atoms with Crippen LogP contribution in [0, 0.1) is 5.82 Å². The first-order valence-corrected chi connectivity index (χ1v) is 4.16. The van der Waals surface area contributed by atoms with E-state index in [0.29, 0.717) is 0 Å². The van der Waals surface area contributed by atoms with Gasteiger partial charge in [-0.05, 0) is 6.07 Å². The second-order valence-electron chi connectivity index (χ2n) is 2.34. The van der Waals surface area contributed by atoms with Crippen molar-refractivity contribution < 1.29 is 18.3 Å². The minimum absolute atomic E-state index is 0.244. The molecule has 0 fully saturated rings. The van der Waals surface area contributed by atoms with Crippen molar-refractivity contribution in [1.82, 2.24) is 0 Å². The fourth-order valence-corrected chi connectivity index (χ4v) is 1.26. The van der Waals surface area contributed by atoms with E-state index in [4.69, 9.17) is 23.2 Å². The van der Waals surface area contributed by atoms with Gasteiger partial charge in [0, 0.05) is 0 Å². The largest absolute Gasteiger partial charge is 0.493 e. The van der Waals surface area contributed by atoms with Gasteiger partial charge in [-0.2, -0.15) is 4.39 Å². The topological polar surface area (TPSA) is 26.3 Å². The predicted molar refractivity (Wildman–Crippen MR) is 48.4 cm³/mol. The number of hydrogen-bond donors (Lipinski definition) is 0. The van der Waals surface area contributed by atoms with Gasteiger partial charge < -0.3 is 4.74 Å². The molecule has 0 N–H and O–H groups in total. The standard InChI is InChI=1S/C8H4Cl2F2O2/c1-14-7-3(8(12)13)2-4(9)5(10)6(7)11/h2H,1H3. The quantitative estimate of drug-likeness (QED) is 0.586. The number of carbonyl (C=O) groups excluding carboxylic acids is 1. The fraction of sp³-hybridized carbons (Fsp3) is 0.125. The molecule has 0 saturated carbocycles. The van der Waals surface area contributed by atoms with Gasteiger partial charge in [0.15, 0.2) is 11.6 Å². The van der Waals surface area contributed by atoms with Crippen LogP contribution in [0.3, 0.4) is 0 Å². The zero-order valence-corrected chi connectivity index (χ0v) is 8.42. The van der Waals surface area contributed by atoms with E-state index < -0.39 is 28.2 Å². The van der Waals surface area contributed by atoms with Crippen LogP contribution >= 0.6 is 23.2 Å². The summed E-state index contributed by atoms with van der Waals surface area (Å²) in [5.41, 5.74) is -0.584. The molecule has 0 bridgehead atoms. The monoisotopic (exact) mass is 240 g/mol. The van der Waals surface area contributed by atoms with E-state index in [1.165, 1.54) is 0 Å². The molecule has 14 heavy (non-hydrogen) atoms. The molecule has 1 aromatic rings. The van der Waals surface area contributed by atoms with E-state index in [1.807, 2.05) is 0 Å². The molecule has 0 heterocycles. The molecule has 0 atom stereocenters. The summed E-state index contributed by atoms with van der Waals surface area (Å²) in [6, 6.07) is -0.923. The molecular weight excluding hydrogens is 237 g/mol. The fourth-order valence-electron chi connectivity index (χ4n) is 0.924. The number of benzene rings is 1. The van der Waals surface area contributed by atoms with Crippen molar-refractivity contribution in [2.75, 3.05) is 7.11 Å². The van der Waals surface area contributed by atoms with Crippen molar-refractivity contribution in [2.24, 2.45) is 0 Å². The summed E-state index contributed by atoms with van der Waals surface area (Å²) in [7, 11) is 1.09. The third-order valence-corrected chi connectivity index (χ3v) is 2.30. The van der Waals surface area contributed by atoms with Crippen LogP contribution in [-0.2, 0) is 0 Å². The molecule has 0 aliphatic heterocycles. The molecule has 0 aromatic heterocycles. The highest BCUT2D eigenvalue weighted by molar-refractivity contribution is 6.42. The summed E-state index contributed by atoms with van der Waals surface area (Å²) in [5.74, 6) is -1.60. The zero-order valence-electron chi connectivity index (χ0n) is 6.91. The SMILES string of the molecule is COc1c(C(=O)F)cc(Cl)c(Cl)c1F. The molecule has 0 amide bonds. The lowest BCUT2D eigenvalue weighted by Crippen LogP contribution is -2.00. The van der Waals surface area contributed by atoms with Crippen molar-refractivity contribution in [1.29, 1.82) is 0 Å². The second kappa shape index (κ2) is 4.11. The molecule has 1 aromatic carbocycles. The molecule has 76 valence electrons. The summed E-state index contributed by atoms with van der Waals surface area (Å²) in [4.78, 5) is 10.4. The van der Waals surface area contributed by atoms with Crippen LogP contribution in [0.25, 0.3) is 0 Å². The molecule has 2 nitrogen and oxygen atoms in total. The molecule has 0 spiro atoms. The van der Waals surface area contributed by atoms with Crippen LogP contribution in [-0.4, -0.2) is 13.1 Å². The van der Waals surface area contributed by atoms with Gasteiger partial charge in [-0.3, -0.25) is 4.79 Å². The number of methoxy groups -OCH3 is 1. The van der Waals surface area contributed by atoms with Crippen LogP contribution in [0.4, 0.5) is 8.78 Å². The van der Waals surface area contributed by atoms with Gasteiger partial charge >= 0.3 is 6.04 Å². The number of hydrogen-bond acceptors (Lipinski definition) is 2. The minimum Gasteiger partial charge on any atom is -0.493 e. The Balaban J connectivity index is 3.51. The van der Waals surface area contributed by atoms with Crippen molar-refractivity contribution in [3.63, 3.8) is 0 Å². The Kier molecular flexibility index (Phi) is 3.29. The van der Waals surface area contributed by atoms with Crippen molar-refractivity contribution in [2.45, 2.75) is 0 Å². The highest BCUT2D eigenvalue weighted by atomic mass is 35.5. The maximum atomic E-state index is 13.2. The molecule has 0 aliphatic carbocycles. The predicted octanol–water partition coefficient (Wildman–Crippen LogP) is 3.25. The minimum atomic E-state index is -1.83. The summed E-state index contributed by atoms with van der Waals surface area (Å²) >= 11 is 10.9. The highest BCUT2D eigenvalue weighted by Crippen LogP contribution is 2.35. The molecule has 0 aliphatic rings. The summed E-state index contributed by atoms with van der Waals surface area (Å²) in [5, 5.41) is -0.653. The number of rotatable bonds is 2. The van der Waals surface area contributed by atoms with E-state index in [9.17, 15) is 13.6 Å². The molecule has 1 rings (SSSR count). The van der Waals surface area contributed by atoms with Gasteiger partial charge in [0.05, 0.1) is 22.7 Å². The highest BCUT2D eigenvalue weighted by Gasteiger charge is 2.21. The summed E-state index contributed by atoms with van der Waals surface area (Å²) in [6.45, 7) is 0. The number of halogens is 4. The van der Waals surface area contributed by atoms with E-state index >= 15 is 0 Å². The van der Waals surface area contributed by atoms with Crippen LogP contribution in [0.15, 0.2) is 6.07 Å². The van der Waals surface area contributed by atoms with Gasteiger partial charge in [0.25, 0.3) is 0 Å². The molecule has 6 heteroatoms. The van der Waals surface area contributed by atoms with E-state index in [2.05, 4.69) is 4.74 Å². The first kappa shape index (κ1) is 11.2. The Labute approximate surface area is 88.4 Å². The third-order valence-electron chi connectivity index (χ3n) is 1.53. The van der Waals surface area contributed by atoms with Gasteiger partial charge in [0.2, 0.25) is 0 Å². The Morgan fingerprint density at radius 1 is 1.50 bits per heavy atom. The lowest BCUT2D eigenvalue weighted by molar-refractivity contribution is 0.0831. The average Bonchev–Trinajstić information content (AvgIpc) is 2.13. The zero-order chi connectivity index (χ0) is 10.9. The lowest BCUT2D eigenvalue weighted by Gasteiger charge is -2.07. The smallest absolute Gasteiger partial charge is 0.336 e.